The molecule has 2 rings (SSSR count). The number of thioether (sulfide) groups is 1. The standard InChI is InChI=1S/C14H12BrClOS/c1-18-13-5-3-12(4-6-13)17-14-7-2-11(16)8-10(14)9-15/h2-8H,9H2,1H3. The number of alkyl halides is 1. The fourth-order valence-corrected chi connectivity index (χ4v) is 2.56. The van der Waals surface area contributed by atoms with E-state index in [0.29, 0.717) is 5.33 Å². The molecule has 0 saturated carbocycles. The van der Waals surface area contributed by atoms with E-state index in [0.717, 1.165) is 22.1 Å². The average molecular weight is 344 g/mol. The zero-order valence-electron chi connectivity index (χ0n) is 9.82. The van der Waals surface area contributed by atoms with Crippen molar-refractivity contribution in [2.24, 2.45) is 0 Å². The molecule has 0 aliphatic carbocycles. The van der Waals surface area contributed by atoms with Gasteiger partial charge in [0.05, 0.1) is 0 Å². The Bertz CT molecular complexity index is 528. The Morgan fingerprint density at radius 3 is 2.50 bits per heavy atom. The van der Waals surface area contributed by atoms with Crippen molar-refractivity contribution in [3.63, 3.8) is 0 Å². The third kappa shape index (κ3) is 3.44. The molecule has 0 radical (unpaired) electrons. The first-order chi connectivity index (χ1) is 8.72. The van der Waals surface area contributed by atoms with E-state index in [1.54, 1.807) is 11.8 Å². The first kappa shape index (κ1) is 13.8. The molecule has 2 aromatic carbocycles. The Morgan fingerprint density at radius 1 is 1.17 bits per heavy atom. The smallest absolute Gasteiger partial charge is 0.131 e. The minimum atomic E-state index is 0.714. The van der Waals surface area contributed by atoms with Crippen LogP contribution in [-0.2, 0) is 5.33 Å². The molecule has 0 spiro atoms. The molecule has 0 heterocycles. The molecule has 0 N–H and O–H groups in total. The molecule has 94 valence electrons. The molecule has 0 fully saturated rings. The normalized spacial score (nSPS) is 10.4. The SMILES string of the molecule is CSc1ccc(Oc2ccc(Cl)cc2CBr)cc1. The molecule has 1 nitrogen and oxygen atoms in total. The van der Waals surface area contributed by atoms with Crippen molar-refractivity contribution in [1.29, 1.82) is 0 Å². The summed E-state index contributed by atoms with van der Waals surface area (Å²) in [5.74, 6) is 1.66. The Balaban J connectivity index is 2.22. The number of halogens is 2. The Labute approximate surface area is 125 Å². The molecule has 18 heavy (non-hydrogen) atoms. The monoisotopic (exact) mass is 342 g/mol. The summed E-state index contributed by atoms with van der Waals surface area (Å²) < 4.78 is 5.86. The lowest BCUT2D eigenvalue weighted by Gasteiger charge is -2.10. The largest absolute Gasteiger partial charge is 0.457 e. The fraction of sp³-hybridized carbons (Fsp3) is 0.143. The number of rotatable bonds is 4. The zero-order chi connectivity index (χ0) is 13.0. The van der Waals surface area contributed by atoms with Crippen LogP contribution in [0.25, 0.3) is 0 Å². The van der Waals surface area contributed by atoms with Gasteiger partial charge in [-0.15, -0.1) is 11.8 Å². The summed E-state index contributed by atoms with van der Waals surface area (Å²) >= 11 is 11.1. The second-order valence-corrected chi connectivity index (χ2v) is 5.54. The van der Waals surface area contributed by atoms with Crippen molar-refractivity contribution in [3.05, 3.63) is 53.1 Å². The highest BCUT2D eigenvalue weighted by Crippen LogP contribution is 2.30. The third-order valence-corrected chi connectivity index (χ3v) is 4.04. The highest BCUT2D eigenvalue weighted by molar-refractivity contribution is 9.08. The van der Waals surface area contributed by atoms with Gasteiger partial charge in [-0.05, 0) is 48.7 Å². The number of ether oxygens (including phenoxy) is 1. The summed E-state index contributed by atoms with van der Waals surface area (Å²) in [7, 11) is 0. The van der Waals surface area contributed by atoms with E-state index < -0.39 is 0 Å². The van der Waals surface area contributed by atoms with Crippen LogP contribution in [0.2, 0.25) is 5.02 Å². The first-order valence-electron chi connectivity index (χ1n) is 5.39. The van der Waals surface area contributed by atoms with Crippen LogP contribution in [0, 0.1) is 0 Å². The highest BCUT2D eigenvalue weighted by atomic mass is 79.9. The van der Waals surface area contributed by atoms with Crippen molar-refractivity contribution in [2.75, 3.05) is 6.26 Å². The minimum Gasteiger partial charge on any atom is -0.457 e. The van der Waals surface area contributed by atoms with Gasteiger partial charge in [-0.3, -0.25) is 0 Å². The number of benzene rings is 2. The third-order valence-electron chi connectivity index (χ3n) is 2.45. The van der Waals surface area contributed by atoms with Crippen LogP contribution in [0.5, 0.6) is 11.5 Å². The Morgan fingerprint density at radius 2 is 1.89 bits per heavy atom. The van der Waals surface area contributed by atoms with Crippen molar-refractivity contribution in [1.82, 2.24) is 0 Å². The van der Waals surface area contributed by atoms with Crippen LogP contribution in [0.3, 0.4) is 0 Å². The van der Waals surface area contributed by atoms with Gasteiger partial charge in [-0.2, -0.15) is 0 Å². The predicted molar refractivity (Wildman–Crippen MR) is 82.4 cm³/mol. The van der Waals surface area contributed by atoms with E-state index >= 15 is 0 Å². The van der Waals surface area contributed by atoms with E-state index in [1.807, 2.05) is 42.5 Å². The van der Waals surface area contributed by atoms with Crippen LogP contribution >= 0.6 is 39.3 Å². The van der Waals surface area contributed by atoms with Gasteiger partial charge in [-0.1, -0.05) is 27.5 Å². The van der Waals surface area contributed by atoms with Gasteiger partial charge in [0.2, 0.25) is 0 Å². The second kappa shape index (κ2) is 6.50. The molecule has 0 amide bonds. The second-order valence-electron chi connectivity index (χ2n) is 3.66. The molecule has 0 atom stereocenters. The number of hydrogen-bond acceptors (Lipinski definition) is 2. The van der Waals surface area contributed by atoms with Gasteiger partial charge in [0.1, 0.15) is 11.5 Å². The average Bonchev–Trinajstić information content (AvgIpc) is 2.41. The zero-order valence-corrected chi connectivity index (χ0v) is 13.0. The quantitative estimate of drug-likeness (QED) is 0.516. The van der Waals surface area contributed by atoms with Crippen LogP contribution in [0.1, 0.15) is 5.56 Å². The lowest BCUT2D eigenvalue weighted by molar-refractivity contribution is 0.478. The van der Waals surface area contributed by atoms with Crippen LogP contribution in [0.4, 0.5) is 0 Å². The molecule has 4 heteroatoms. The highest BCUT2D eigenvalue weighted by Gasteiger charge is 2.05. The van der Waals surface area contributed by atoms with E-state index in [1.165, 1.54) is 4.90 Å². The molecule has 0 aliphatic rings. The van der Waals surface area contributed by atoms with Gasteiger partial charge in [0, 0.05) is 20.8 Å². The van der Waals surface area contributed by atoms with Crippen LogP contribution in [-0.4, -0.2) is 6.26 Å². The summed E-state index contributed by atoms with van der Waals surface area (Å²) in [6, 6.07) is 13.7. The molecular weight excluding hydrogens is 332 g/mol. The molecule has 0 bridgehead atoms. The van der Waals surface area contributed by atoms with Gasteiger partial charge < -0.3 is 4.74 Å². The maximum Gasteiger partial charge on any atom is 0.131 e. The molecular formula is C14H12BrClOS. The first-order valence-corrected chi connectivity index (χ1v) is 8.11. The maximum atomic E-state index is 5.96. The van der Waals surface area contributed by atoms with E-state index in [9.17, 15) is 0 Å². The van der Waals surface area contributed by atoms with E-state index in [-0.39, 0.29) is 0 Å². The summed E-state index contributed by atoms with van der Waals surface area (Å²) in [5, 5.41) is 1.43. The van der Waals surface area contributed by atoms with Gasteiger partial charge in [0.15, 0.2) is 0 Å². The molecule has 2 aromatic rings. The lowest BCUT2D eigenvalue weighted by atomic mass is 10.2. The summed E-state index contributed by atoms with van der Waals surface area (Å²) in [6.07, 6.45) is 2.05. The molecule has 0 unspecified atom stereocenters. The summed E-state index contributed by atoms with van der Waals surface area (Å²) in [5.41, 5.74) is 1.04. The molecule has 0 aromatic heterocycles. The summed E-state index contributed by atoms with van der Waals surface area (Å²) in [4.78, 5) is 1.22. The van der Waals surface area contributed by atoms with Crippen molar-refractivity contribution in [3.8, 4) is 11.5 Å². The van der Waals surface area contributed by atoms with E-state index in [4.69, 9.17) is 16.3 Å². The van der Waals surface area contributed by atoms with Crippen molar-refractivity contribution in [2.45, 2.75) is 10.2 Å². The number of hydrogen-bond donors (Lipinski definition) is 0. The lowest BCUT2D eigenvalue weighted by Crippen LogP contribution is -1.89. The van der Waals surface area contributed by atoms with Gasteiger partial charge in [-0.25, -0.2) is 0 Å². The Kier molecular flexibility index (Phi) is 4.98. The fourth-order valence-electron chi connectivity index (χ4n) is 1.52. The van der Waals surface area contributed by atoms with Crippen LogP contribution in [0.15, 0.2) is 47.4 Å². The topological polar surface area (TPSA) is 9.23 Å². The van der Waals surface area contributed by atoms with Crippen molar-refractivity contribution >= 4 is 39.3 Å². The minimum absolute atomic E-state index is 0.714. The van der Waals surface area contributed by atoms with Gasteiger partial charge in [0.25, 0.3) is 0 Å². The van der Waals surface area contributed by atoms with E-state index in [2.05, 4.69) is 22.2 Å². The Hall–Kier alpha value is -0.640. The van der Waals surface area contributed by atoms with Gasteiger partial charge >= 0.3 is 0 Å². The summed E-state index contributed by atoms with van der Waals surface area (Å²) in [6.45, 7) is 0. The molecule has 0 saturated heterocycles. The maximum absolute atomic E-state index is 5.96. The predicted octanol–water partition coefficient (Wildman–Crippen LogP) is 5.75. The van der Waals surface area contributed by atoms with Crippen molar-refractivity contribution < 1.29 is 4.74 Å². The van der Waals surface area contributed by atoms with Crippen LogP contribution < -0.4 is 4.74 Å². The molecule has 0 aliphatic heterocycles.